The van der Waals surface area contributed by atoms with E-state index < -0.39 is 0 Å². The van der Waals surface area contributed by atoms with Gasteiger partial charge in [0.05, 0.1) is 5.70 Å². The molecule has 2 aromatic carbocycles. The molecule has 6 atom stereocenters. The Morgan fingerprint density at radius 2 is 1.70 bits per heavy atom. The van der Waals surface area contributed by atoms with Crippen molar-refractivity contribution < 1.29 is 0 Å². The summed E-state index contributed by atoms with van der Waals surface area (Å²) in [5.74, 6) is 2.32. The van der Waals surface area contributed by atoms with Crippen molar-refractivity contribution in [3.63, 3.8) is 0 Å². The number of nitrogens with zero attached hydrogens (tertiary/aromatic N) is 1. The predicted molar refractivity (Wildman–Crippen MR) is 232 cm³/mol. The van der Waals surface area contributed by atoms with Gasteiger partial charge in [0.2, 0.25) is 0 Å². The van der Waals surface area contributed by atoms with E-state index in [9.17, 15) is 0 Å². The van der Waals surface area contributed by atoms with Crippen LogP contribution in [0.3, 0.4) is 0 Å². The number of hydrogen-bond acceptors (Lipinski definition) is 1. The maximum Gasteiger partial charge on any atom is 0.0702 e. The molecule has 0 spiro atoms. The highest BCUT2D eigenvalue weighted by atomic mass is 14.8. The summed E-state index contributed by atoms with van der Waals surface area (Å²) in [6.45, 7) is 15.0. The van der Waals surface area contributed by atoms with Gasteiger partial charge in [-0.05, 0) is 126 Å². The highest BCUT2D eigenvalue weighted by molar-refractivity contribution is 6.04. The monoisotopic (exact) mass is 695 g/mol. The molecule has 6 unspecified atom stereocenters. The number of aliphatic imine (C=N–C) groups is 1. The molecule has 0 fully saturated rings. The van der Waals surface area contributed by atoms with E-state index in [1.54, 1.807) is 0 Å². The second-order valence-corrected chi connectivity index (χ2v) is 15.1. The van der Waals surface area contributed by atoms with E-state index in [1.807, 2.05) is 24.3 Å². The van der Waals surface area contributed by atoms with Crippen LogP contribution in [0.5, 0.6) is 0 Å². The Morgan fingerprint density at radius 1 is 0.849 bits per heavy atom. The van der Waals surface area contributed by atoms with E-state index in [0.29, 0.717) is 29.6 Å². The van der Waals surface area contributed by atoms with Crippen LogP contribution in [0.25, 0.3) is 11.6 Å². The third kappa shape index (κ3) is 9.51. The SMILES string of the molecule is C=C/C=C/C=C\C(C(C)c1ccc2c(c1)CCC=C2)C1CC=CC(C)C1c1ccc(/C(C)=C/C(=N\C(=C\C=C)C2=CCCC=C2)C2C=CC=CC2)cc1. The van der Waals surface area contributed by atoms with Crippen molar-refractivity contribution in [1.29, 1.82) is 0 Å². The molecule has 0 bridgehead atoms. The van der Waals surface area contributed by atoms with Crippen molar-refractivity contribution in [3.8, 4) is 0 Å². The zero-order valence-electron chi connectivity index (χ0n) is 32.1. The number of aryl methyl sites for hydroxylation is 1. The molecule has 4 aliphatic carbocycles. The molecule has 0 heterocycles. The van der Waals surface area contributed by atoms with Crippen LogP contribution in [0.4, 0.5) is 0 Å². The summed E-state index contributed by atoms with van der Waals surface area (Å²) in [6.07, 6.45) is 48.3. The van der Waals surface area contributed by atoms with Crippen LogP contribution < -0.4 is 0 Å². The minimum Gasteiger partial charge on any atom is -0.252 e. The second-order valence-electron chi connectivity index (χ2n) is 15.1. The molecule has 1 heteroatoms. The molecule has 1 nitrogen and oxygen atoms in total. The number of benzene rings is 2. The average molecular weight is 696 g/mol. The first-order valence-corrected chi connectivity index (χ1v) is 19.8. The van der Waals surface area contributed by atoms with Crippen molar-refractivity contribution >= 4 is 17.4 Å². The summed E-state index contributed by atoms with van der Waals surface area (Å²) < 4.78 is 0. The highest BCUT2D eigenvalue weighted by Gasteiger charge is 2.36. The second kappa shape index (κ2) is 18.7. The van der Waals surface area contributed by atoms with E-state index in [4.69, 9.17) is 4.99 Å². The summed E-state index contributed by atoms with van der Waals surface area (Å²) >= 11 is 0. The van der Waals surface area contributed by atoms with Crippen LogP contribution in [-0.4, -0.2) is 5.71 Å². The van der Waals surface area contributed by atoms with Gasteiger partial charge in [-0.3, -0.25) is 4.99 Å². The lowest BCUT2D eigenvalue weighted by Crippen LogP contribution is -2.30. The average Bonchev–Trinajstić information content (AvgIpc) is 3.20. The lowest BCUT2D eigenvalue weighted by molar-refractivity contribution is 0.253. The number of allylic oxidation sites excluding steroid dienone is 19. The van der Waals surface area contributed by atoms with Crippen molar-refractivity contribution in [3.05, 3.63) is 204 Å². The van der Waals surface area contributed by atoms with Crippen LogP contribution in [0, 0.1) is 23.7 Å². The summed E-state index contributed by atoms with van der Waals surface area (Å²) in [4.78, 5) is 5.31. The summed E-state index contributed by atoms with van der Waals surface area (Å²) in [6, 6.07) is 16.7. The number of hydrogen-bond donors (Lipinski definition) is 0. The molecule has 0 aliphatic heterocycles. The molecule has 0 amide bonds. The van der Waals surface area contributed by atoms with Crippen molar-refractivity contribution in [1.82, 2.24) is 0 Å². The van der Waals surface area contributed by atoms with E-state index in [2.05, 4.69) is 168 Å². The zero-order chi connectivity index (χ0) is 37.0. The quantitative estimate of drug-likeness (QED) is 0.112. The van der Waals surface area contributed by atoms with Crippen LogP contribution >= 0.6 is 0 Å². The molecular weight excluding hydrogens is 639 g/mol. The fourth-order valence-electron chi connectivity index (χ4n) is 8.58. The van der Waals surface area contributed by atoms with E-state index in [-0.39, 0.29) is 5.92 Å². The molecule has 0 saturated heterocycles. The predicted octanol–water partition coefficient (Wildman–Crippen LogP) is 14.0. The van der Waals surface area contributed by atoms with E-state index in [0.717, 1.165) is 49.9 Å². The minimum atomic E-state index is 0.228. The zero-order valence-corrected chi connectivity index (χ0v) is 32.1. The Bertz CT molecular complexity index is 1960. The Balaban J connectivity index is 1.31. The largest absolute Gasteiger partial charge is 0.252 e. The molecule has 2 aromatic rings. The third-order valence-electron chi connectivity index (χ3n) is 11.5. The lowest BCUT2D eigenvalue weighted by atomic mass is 9.64. The standard InChI is InChI=1S/C52H57N/c1-6-8-9-16-28-48(40(5)46-35-32-42-22-17-18-27-47(42)37-46)49-29-19-21-38(3)52(49)45-33-30-41(31-34-45)39(4)36-51(44-25-14-11-15-26-44)53-50(20-7-2)43-23-12-10-13-24-43/h6-9,11-12,14-17,19-25,28,30-38,40,44,48-49,52H,1-2,10,13,18,26-27,29H2,3-5H3/b9-8+,28-16-,39-36+,50-20+,53-51+. The molecule has 270 valence electrons. The van der Waals surface area contributed by atoms with Gasteiger partial charge >= 0.3 is 0 Å². The fraction of sp³-hybridized carbons (Fsp3) is 0.288. The van der Waals surface area contributed by atoms with Gasteiger partial charge in [-0.1, -0.05) is 173 Å². The molecule has 0 aromatic heterocycles. The van der Waals surface area contributed by atoms with Crippen LogP contribution in [0.15, 0.2) is 181 Å². The number of rotatable bonds is 13. The van der Waals surface area contributed by atoms with Crippen molar-refractivity contribution in [2.75, 3.05) is 0 Å². The van der Waals surface area contributed by atoms with E-state index in [1.165, 1.54) is 39.0 Å². The van der Waals surface area contributed by atoms with Crippen LogP contribution in [0.2, 0.25) is 0 Å². The van der Waals surface area contributed by atoms with Gasteiger partial charge in [-0.25, -0.2) is 0 Å². The lowest BCUT2D eigenvalue weighted by Gasteiger charge is -2.40. The van der Waals surface area contributed by atoms with E-state index >= 15 is 0 Å². The maximum atomic E-state index is 5.31. The first-order valence-electron chi connectivity index (χ1n) is 19.8. The first kappa shape index (κ1) is 37.7. The van der Waals surface area contributed by atoms with Gasteiger partial charge in [0.1, 0.15) is 0 Å². The smallest absolute Gasteiger partial charge is 0.0702 e. The topological polar surface area (TPSA) is 12.4 Å². The molecule has 6 rings (SSSR count). The Labute approximate surface area is 320 Å². The normalized spacial score (nSPS) is 24.4. The fourth-order valence-corrected chi connectivity index (χ4v) is 8.58. The van der Waals surface area contributed by atoms with Gasteiger partial charge < -0.3 is 0 Å². The molecule has 0 radical (unpaired) electrons. The van der Waals surface area contributed by atoms with Gasteiger partial charge in [0.25, 0.3) is 0 Å². The Kier molecular flexibility index (Phi) is 13.3. The van der Waals surface area contributed by atoms with Crippen LogP contribution in [-0.2, 0) is 6.42 Å². The highest BCUT2D eigenvalue weighted by Crippen LogP contribution is 2.47. The molecule has 0 N–H and O–H groups in total. The maximum absolute atomic E-state index is 5.31. The Morgan fingerprint density at radius 3 is 2.45 bits per heavy atom. The summed E-state index contributed by atoms with van der Waals surface area (Å²) in [5, 5.41) is 0. The van der Waals surface area contributed by atoms with Gasteiger partial charge in [0, 0.05) is 11.6 Å². The van der Waals surface area contributed by atoms with Crippen LogP contribution in [0.1, 0.15) is 92.5 Å². The molecule has 53 heavy (non-hydrogen) atoms. The van der Waals surface area contributed by atoms with Gasteiger partial charge in [0.15, 0.2) is 0 Å². The third-order valence-corrected chi connectivity index (χ3v) is 11.5. The molecule has 0 saturated carbocycles. The number of fused-ring (bicyclic) bond motifs is 1. The summed E-state index contributed by atoms with van der Waals surface area (Å²) in [7, 11) is 0. The molecule has 4 aliphatic rings. The summed E-state index contributed by atoms with van der Waals surface area (Å²) in [5.41, 5.74) is 11.4. The van der Waals surface area contributed by atoms with Crippen molar-refractivity contribution in [2.45, 2.75) is 71.1 Å². The Hall–Kier alpha value is -5.01. The first-order chi connectivity index (χ1) is 26.0. The van der Waals surface area contributed by atoms with Crippen molar-refractivity contribution in [2.24, 2.45) is 28.7 Å². The van der Waals surface area contributed by atoms with Gasteiger partial charge in [-0.15, -0.1) is 0 Å². The minimum absolute atomic E-state index is 0.228. The molecular formula is C52H57N. The van der Waals surface area contributed by atoms with Gasteiger partial charge in [-0.2, -0.15) is 0 Å².